The van der Waals surface area contributed by atoms with Crippen LogP contribution in [0.25, 0.3) is 0 Å². The second-order valence-electron chi connectivity index (χ2n) is 4.52. The number of hydrogen-bond donors (Lipinski definition) is 2. The van der Waals surface area contributed by atoms with Gasteiger partial charge in [-0.2, -0.15) is 0 Å². The van der Waals surface area contributed by atoms with Gasteiger partial charge in [-0.1, -0.05) is 19.1 Å². The van der Waals surface area contributed by atoms with Crippen LogP contribution in [-0.4, -0.2) is 30.5 Å². The van der Waals surface area contributed by atoms with Crippen LogP contribution in [0, 0.1) is 10.1 Å². The van der Waals surface area contributed by atoms with E-state index in [2.05, 4.69) is 10.6 Å². The Bertz CT molecular complexity index is 432. The van der Waals surface area contributed by atoms with Crippen molar-refractivity contribution < 1.29 is 9.72 Å². The van der Waals surface area contributed by atoms with Crippen molar-refractivity contribution in [3.05, 3.63) is 39.9 Å². The summed E-state index contributed by atoms with van der Waals surface area (Å²) in [6.07, 6.45) is 2.20. The van der Waals surface area contributed by atoms with E-state index >= 15 is 0 Å². The van der Waals surface area contributed by atoms with Gasteiger partial charge >= 0.3 is 0 Å². The van der Waals surface area contributed by atoms with E-state index in [4.69, 9.17) is 0 Å². The maximum atomic E-state index is 11.3. The van der Waals surface area contributed by atoms with E-state index in [-0.39, 0.29) is 11.6 Å². The molecule has 1 aromatic rings. The van der Waals surface area contributed by atoms with Crippen molar-refractivity contribution in [2.24, 2.45) is 0 Å². The molecule has 0 aliphatic carbocycles. The van der Waals surface area contributed by atoms with Crippen LogP contribution >= 0.6 is 0 Å². The monoisotopic (exact) mass is 279 g/mol. The van der Waals surface area contributed by atoms with Gasteiger partial charge in [0.2, 0.25) is 5.91 Å². The summed E-state index contributed by atoms with van der Waals surface area (Å²) in [6, 6.07) is 6.53. The topological polar surface area (TPSA) is 84.3 Å². The Balaban J connectivity index is 2.15. The van der Waals surface area contributed by atoms with Gasteiger partial charge in [-0.05, 0) is 24.9 Å². The third-order valence-corrected chi connectivity index (χ3v) is 2.84. The SMILES string of the molecule is CCCNC(=O)CCNCCc1ccc([N+](=O)[O-])cc1. The van der Waals surface area contributed by atoms with Gasteiger partial charge in [-0.3, -0.25) is 14.9 Å². The van der Waals surface area contributed by atoms with Crippen molar-refractivity contribution in [1.82, 2.24) is 10.6 Å². The average Bonchev–Trinajstić information content (AvgIpc) is 2.45. The predicted molar refractivity (Wildman–Crippen MR) is 77.6 cm³/mol. The molecule has 20 heavy (non-hydrogen) atoms. The van der Waals surface area contributed by atoms with Crippen molar-refractivity contribution >= 4 is 11.6 Å². The molecule has 0 heterocycles. The Labute approximate surface area is 118 Å². The van der Waals surface area contributed by atoms with E-state index in [1.54, 1.807) is 12.1 Å². The highest BCUT2D eigenvalue weighted by molar-refractivity contribution is 5.75. The first-order valence-corrected chi connectivity index (χ1v) is 6.84. The Hall–Kier alpha value is -1.95. The Morgan fingerprint density at radius 1 is 1.20 bits per heavy atom. The van der Waals surface area contributed by atoms with Gasteiger partial charge in [0, 0.05) is 31.6 Å². The lowest BCUT2D eigenvalue weighted by atomic mass is 10.1. The highest BCUT2D eigenvalue weighted by atomic mass is 16.6. The zero-order chi connectivity index (χ0) is 14.8. The van der Waals surface area contributed by atoms with Gasteiger partial charge in [0.25, 0.3) is 5.69 Å². The number of hydrogen-bond acceptors (Lipinski definition) is 4. The summed E-state index contributed by atoms with van der Waals surface area (Å²) in [5, 5.41) is 16.5. The van der Waals surface area contributed by atoms with Gasteiger partial charge in [0.05, 0.1) is 4.92 Å². The van der Waals surface area contributed by atoms with Gasteiger partial charge < -0.3 is 10.6 Å². The lowest BCUT2D eigenvalue weighted by Gasteiger charge is -2.05. The molecule has 0 spiro atoms. The molecular weight excluding hydrogens is 258 g/mol. The molecule has 0 aromatic heterocycles. The molecule has 0 unspecified atom stereocenters. The fourth-order valence-corrected chi connectivity index (χ4v) is 1.70. The van der Waals surface area contributed by atoms with Crippen LogP contribution in [0.15, 0.2) is 24.3 Å². The number of carbonyl (C=O) groups is 1. The first-order valence-electron chi connectivity index (χ1n) is 6.84. The maximum absolute atomic E-state index is 11.3. The summed E-state index contributed by atoms with van der Waals surface area (Å²) in [6.45, 7) is 4.13. The fraction of sp³-hybridized carbons (Fsp3) is 0.500. The molecule has 1 amide bonds. The molecule has 0 saturated carbocycles. The number of nitrogens with zero attached hydrogens (tertiary/aromatic N) is 1. The van der Waals surface area contributed by atoms with Gasteiger partial charge in [0.15, 0.2) is 0 Å². The van der Waals surface area contributed by atoms with Crippen LogP contribution in [0.3, 0.4) is 0 Å². The number of rotatable bonds is 9. The molecule has 0 aliphatic rings. The largest absolute Gasteiger partial charge is 0.356 e. The Kier molecular flexibility index (Phi) is 7.27. The summed E-state index contributed by atoms with van der Waals surface area (Å²) in [7, 11) is 0. The summed E-state index contributed by atoms with van der Waals surface area (Å²) in [5.41, 5.74) is 1.15. The molecule has 0 radical (unpaired) electrons. The molecular formula is C14H21N3O3. The highest BCUT2D eigenvalue weighted by Crippen LogP contribution is 2.11. The van der Waals surface area contributed by atoms with Crippen molar-refractivity contribution in [2.45, 2.75) is 26.2 Å². The van der Waals surface area contributed by atoms with Crippen LogP contribution in [0.1, 0.15) is 25.3 Å². The summed E-state index contributed by atoms with van der Waals surface area (Å²) < 4.78 is 0. The van der Waals surface area contributed by atoms with Crippen LogP contribution in [0.5, 0.6) is 0 Å². The van der Waals surface area contributed by atoms with Crippen LogP contribution in [0.2, 0.25) is 0 Å². The molecule has 6 nitrogen and oxygen atoms in total. The van der Waals surface area contributed by atoms with Crippen molar-refractivity contribution in [3.63, 3.8) is 0 Å². The predicted octanol–water partition coefficient (Wildman–Crippen LogP) is 1.64. The number of non-ortho nitro benzene ring substituents is 1. The molecule has 1 rings (SSSR count). The minimum atomic E-state index is -0.406. The van der Waals surface area contributed by atoms with Crippen molar-refractivity contribution in [1.29, 1.82) is 0 Å². The number of nitro groups is 1. The van der Waals surface area contributed by atoms with E-state index in [1.165, 1.54) is 12.1 Å². The standard InChI is InChI=1S/C14H21N3O3/c1-2-9-16-14(18)8-11-15-10-7-12-3-5-13(6-4-12)17(19)20/h3-6,15H,2,7-11H2,1H3,(H,16,18). The van der Waals surface area contributed by atoms with Crippen molar-refractivity contribution in [2.75, 3.05) is 19.6 Å². The normalized spacial score (nSPS) is 10.2. The number of nitrogens with one attached hydrogen (secondary N) is 2. The molecule has 0 saturated heterocycles. The molecule has 1 aromatic carbocycles. The third-order valence-electron chi connectivity index (χ3n) is 2.84. The highest BCUT2D eigenvalue weighted by Gasteiger charge is 2.03. The van der Waals surface area contributed by atoms with Gasteiger partial charge in [0.1, 0.15) is 0 Å². The Morgan fingerprint density at radius 3 is 2.50 bits per heavy atom. The number of nitro benzene ring substituents is 1. The summed E-state index contributed by atoms with van der Waals surface area (Å²) in [4.78, 5) is 21.4. The van der Waals surface area contributed by atoms with Gasteiger partial charge in [-0.25, -0.2) is 0 Å². The quantitative estimate of drug-likeness (QED) is 0.409. The zero-order valence-corrected chi connectivity index (χ0v) is 11.7. The number of benzene rings is 1. The van der Waals surface area contributed by atoms with E-state index in [9.17, 15) is 14.9 Å². The lowest BCUT2D eigenvalue weighted by molar-refractivity contribution is -0.384. The number of amides is 1. The molecule has 6 heteroatoms. The minimum absolute atomic E-state index is 0.0645. The maximum Gasteiger partial charge on any atom is 0.269 e. The molecule has 0 bridgehead atoms. The molecule has 0 atom stereocenters. The third kappa shape index (κ3) is 6.29. The first kappa shape index (κ1) is 16.1. The first-order chi connectivity index (χ1) is 9.63. The smallest absolute Gasteiger partial charge is 0.269 e. The van der Waals surface area contributed by atoms with Crippen LogP contribution in [-0.2, 0) is 11.2 Å². The molecule has 0 fully saturated rings. The zero-order valence-electron chi connectivity index (χ0n) is 11.7. The second kappa shape index (κ2) is 9.03. The average molecular weight is 279 g/mol. The van der Waals surface area contributed by atoms with E-state index in [0.29, 0.717) is 13.0 Å². The number of carbonyl (C=O) groups excluding carboxylic acids is 1. The van der Waals surface area contributed by atoms with E-state index in [1.807, 2.05) is 6.92 Å². The van der Waals surface area contributed by atoms with Crippen LogP contribution < -0.4 is 10.6 Å². The fourth-order valence-electron chi connectivity index (χ4n) is 1.70. The molecule has 2 N–H and O–H groups in total. The lowest BCUT2D eigenvalue weighted by Crippen LogP contribution is -2.28. The van der Waals surface area contributed by atoms with E-state index < -0.39 is 4.92 Å². The van der Waals surface area contributed by atoms with Crippen LogP contribution in [0.4, 0.5) is 5.69 Å². The minimum Gasteiger partial charge on any atom is -0.356 e. The van der Waals surface area contributed by atoms with E-state index in [0.717, 1.165) is 31.5 Å². The summed E-state index contributed by atoms with van der Waals surface area (Å²) >= 11 is 0. The molecule has 0 aliphatic heterocycles. The molecule has 110 valence electrons. The van der Waals surface area contributed by atoms with Gasteiger partial charge in [-0.15, -0.1) is 0 Å². The Morgan fingerprint density at radius 2 is 1.90 bits per heavy atom. The van der Waals surface area contributed by atoms with Crippen molar-refractivity contribution in [3.8, 4) is 0 Å². The second-order valence-corrected chi connectivity index (χ2v) is 4.52. The summed E-state index contributed by atoms with van der Waals surface area (Å²) in [5.74, 6) is 0.0645.